The summed E-state index contributed by atoms with van der Waals surface area (Å²) < 4.78 is 41.6. The van der Waals surface area contributed by atoms with Crippen LogP contribution in [0.3, 0.4) is 0 Å². The average molecular weight is 401 g/mol. The lowest BCUT2D eigenvalue weighted by Gasteiger charge is -2.34. The smallest absolute Gasteiger partial charge is 0.243 e. The highest BCUT2D eigenvalue weighted by molar-refractivity contribution is 7.89. The van der Waals surface area contributed by atoms with Gasteiger partial charge in [0.25, 0.3) is 0 Å². The minimum atomic E-state index is -3.68. The van der Waals surface area contributed by atoms with E-state index in [2.05, 4.69) is 0 Å². The quantitative estimate of drug-likeness (QED) is 0.674. The third-order valence-electron chi connectivity index (χ3n) is 5.03. The molecule has 0 unspecified atom stereocenters. The molecule has 1 amide bonds. The molecule has 3 aromatic rings. The van der Waals surface area contributed by atoms with E-state index < -0.39 is 15.8 Å². The summed E-state index contributed by atoms with van der Waals surface area (Å²) >= 11 is 0. The molecule has 0 atom stereocenters. The highest BCUT2D eigenvalue weighted by Crippen LogP contribution is 2.19. The van der Waals surface area contributed by atoms with Gasteiger partial charge < -0.3 is 9.47 Å². The van der Waals surface area contributed by atoms with Crippen molar-refractivity contribution in [2.24, 2.45) is 0 Å². The molecular formula is C20H20FN3O3S. The molecule has 0 radical (unpaired) electrons. The van der Waals surface area contributed by atoms with Crippen molar-refractivity contribution in [3.05, 3.63) is 66.6 Å². The molecule has 2 heterocycles. The van der Waals surface area contributed by atoms with Gasteiger partial charge in [0.05, 0.1) is 4.90 Å². The second-order valence-electron chi connectivity index (χ2n) is 6.74. The number of aromatic nitrogens is 1. The first-order chi connectivity index (χ1) is 13.4. The number of carbonyl (C=O) groups is 1. The molecule has 0 spiro atoms. The van der Waals surface area contributed by atoms with Gasteiger partial charge in [0.15, 0.2) is 0 Å². The number of piperazine rings is 1. The summed E-state index contributed by atoms with van der Waals surface area (Å²) in [5, 5.41) is 1.07. The van der Waals surface area contributed by atoms with E-state index in [0.29, 0.717) is 13.1 Å². The summed E-state index contributed by atoms with van der Waals surface area (Å²) in [5.41, 5.74) is 0.994. The molecule has 8 heteroatoms. The number of fused-ring (bicyclic) bond motifs is 1. The van der Waals surface area contributed by atoms with Gasteiger partial charge in [0, 0.05) is 37.9 Å². The number of para-hydroxylation sites is 1. The lowest BCUT2D eigenvalue weighted by molar-refractivity contribution is -0.132. The molecule has 0 aliphatic carbocycles. The van der Waals surface area contributed by atoms with Crippen LogP contribution in [0.25, 0.3) is 10.9 Å². The summed E-state index contributed by atoms with van der Waals surface area (Å²) in [7, 11) is -3.68. The Balaban J connectivity index is 1.41. The highest BCUT2D eigenvalue weighted by Gasteiger charge is 2.30. The zero-order valence-electron chi connectivity index (χ0n) is 15.2. The van der Waals surface area contributed by atoms with Crippen molar-refractivity contribution < 1.29 is 17.6 Å². The second-order valence-corrected chi connectivity index (χ2v) is 8.68. The second kappa shape index (κ2) is 7.37. The van der Waals surface area contributed by atoms with Gasteiger partial charge in [-0.1, -0.05) is 18.2 Å². The number of sulfonamides is 1. The maximum Gasteiger partial charge on any atom is 0.243 e. The topological polar surface area (TPSA) is 62.6 Å². The molecule has 6 nitrogen and oxygen atoms in total. The third-order valence-corrected chi connectivity index (χ3v) is 6.94. The van der Waals surface area contributed by atoms with Gasteiger partial charge in [0.1, 0.15) is 12.4 Å². The Hall–Kier alpha value is -2.71. The fourth-order valence-electron chi connectivity index (χ4n) is 3.46. The van der Waals surface area contributed by atoms with Crippen molar-refractivity contribution in [3.8, 4) is 0 Å². The zero-order chi connectivity index (χ0) is 19.7. The van der Waals surface area contributed by atoms with Crippen LogP contribution in [-0.2, 0) is 21.4 Å². The Kier molecular flexibility index (Phi) is 4.91. The van der Waals surface area contributed by atoms with Crippen LogP contribution in [0.1, 0.15) is 0 Å². The summed E-state index contributed by atoms with van der Waals surface area (Å²) in [5.74, 6) is -0.521. The Morgan fingerprint density at radius 1 is 0.929 bits per heavy atom. The zero-order valence-corrected chi connectivity index (χ0v) is 16.0. The monoisotopic (exact) mass is 401 g/mol. The van der Waals surface area contributed by atoms with Crippen molar-refractivity contribution in [2.75, 3.05) is 26.2 Å². The molecular weight excluding hydrogens is 381 g/mol. The minimum Gasteiger partial charge on any atom is -0.339 e. The summed E-state index contributed by atoms with van der Waals surface area (Å²) in [6, 6.07) is 14.6. The lowest BCUT2D eigenvalue weighted by atomic mass is 10.2. The number of benzene rings is 2. The van der Waals surface area contributed by atoms with E-state index >= 15 is 0 Å². The van der Waals surface area contributed by atoms with E-state index in [1.807, 2.05) is 41.1 Å². The standard InChI is InChI=1S/C20H20FN3O3S/c21-17-5-7-18(8-6-17)28(26,27)24-13-11-22(12-14-24)20(25)15-23-10-9-16-3-1-2-4-19(16)23/h1-10H,11-15H2. The fraction of sp³-hybridized carbons (Fsp3) is 0.250. The third kappa shape index (κ3) is 3.53. The number of amides is 1. The summed E-state index contributed by atoms with van der Waals surface area (Å²) in [4.78, 5) is 14.4. The first kappa shape index (κ1) is 18.6. The molecule has 28 heavy (non-hydrogen) atoms. The van der Waals surface area contributed by atoms with Crippen molar-refractivity contribution in [1.29, 1.82) is 0 Å². The molecule has 1 saturated heterocycles. The number of hydrogen-bond acceptors (Lipinski definition) is 3. The van der Waals surface area contributed by atoms with Crippen LogP contribution >= 0.6 is 0 Å². The maximum absolute atomic E-state index is 13.1. The van der Waals surface area contributed by atoms with Gasteiger partial charge in [0.2, 0.25) is 15.9 Å². The van der Waals surface area contributed by atoms with Crippen molar-refractivity contribution in [1.82, 2.24) is 13.8 Å². The van der Waals surface area contributed by atoms with Gasteiger partial charge in [-0.2, -0.15) is 4.31 Å². The average Bonchev–Trinajstić information content (AvgIpc) is 3.11. The van der Waals surface area contributed by atoms with E-state index in [4.69, 9.17) is 0 Å². The van der Waals surface area contributed by atoms with Gasteiger partial charge in [-0.3, -0.25) is 4.79 Å². The van der Waals surface area contributed by atoms with Crippen LogP contribution in [-0.4, -0.2) is 54.3 Å². The highest BCUT2D eigenvalue weighted by atomic mass is 32.2. The van der Waals surface area contributed by atoms with Gasteiger partial charge in [-0.25, -0.2) is 12.8 Å². The number of halogens is 1. The Bertz CT molecular complexity index is 1100. The number of carbonyl (C=O) groups excluding carboxylic acids is 1. The SMILES string of the molecule is O=C(Cn1ccc2ccccc21)N1CCN(S(=O)(=O)c2ccc(F)cc2)CC1. The minimum absolute atomic E-state index is 0.0415. The molecule has 1 aliphatic rings. The Morgan fingerprint density at radius 2 is 1.61 bits per heavy atom. The molecule has 1 aromatic heterocycles. The molecule has 4 rings (SSSR count). The first-order valence-electron chi connectivity index (χ1n) is 9.02. The summed E-state index contributed by atoms with van der Waals surface area (Å²) in [6.07, 6.45) is 1.89. The van der Waals surface area contributed by atoms with Crippen LogP contribution in [0.15, 0.2) is 65.7 Å². The van der Waals surface area contributed by atoms with Crippen molar-refractivity contribution in [2.45, 2.75) is 11.4 Å². The van der Waals surface area contributed by atoms with Crippen LogP contribution < -0.4 is 0 Å². The van der Waals surface area contributed by atoms with Crippen molar-refractivity contribution in [3.63, 3.8) is 0 Å². The molecule has 0 N–H and O–H groups in total. The van der Waals surface area contributed by atoms with E-state index in [9.17, 15) is 17.6 Å². The van der Waals surface area contributed by atoms with Gasteiger partial charge in [-0.05, 0) is 41.8 Å². The molecule has 2 aromatic carbocycles. The number of nitrogens with zero attached hydrogens (tertiary/aromatic N) is 3. The Labute approximate surface area is 162 Å². The lowest BCUT2D eigenvalue weighted by Crippen LogP contribution is -2.51. The van der Waals surface area contributed by atoms with Crippen LogP contribution in [0.2, 0.25) is 0 Å². The summed E-state index contributed by atoms with van der Waals surface area (Å²) in [6.45, 7) is 1.32. The van der Waals surface area contributed by atoms with E-state index in [1.165, 1.54) is 16.4 Å². The van der Waals surface area contributed by atoms with Crippen LogP contribution in [0, 0.1) is 5.82 Å². The van der Waals surface area contributed by atoms with Crippen LogP contribution in [0.5, 0.6) is 0 Å². The molecule has 0 saturated carbocycles. The number of hydrogen-bond donors (Lipinski definition) is 0. The Morgan fingerprint density at radius 3 is 2.32 bits per heavy atom. The number of rotatable bonds is 4. The van der Waals surface area contributed by atoms with E-state index in [1.54, 1.807) is 4.90 Å². The van der Waals surface area contributed by atoms with Gasteiger partial charge >= 0.3 is 0 Å². The molecule has 1 aliphatic heterocycles. The van der Waals surface area contributed by atoms with E-state index in [-0.39, 0.29) is 30.4 Å². The maximum atomic E-state index is 13.1. The predicted octanol–water partition coefficient (Wildman–Crippen LogP) is 2.31. The normalized spacial score (nSPS) is 15.8. The molecule has 1 fully saturated rings. The van der Waals surface area contributed by atoms with Gasteiger partial charge in [-0.15, -0.1) is 0 Å². The fourth-order valence-corrected chi connectivity index (χ4v) is 4.88. The first-order valence-corrected chi connectivity index (χ1v) is 10.5. The van der Waals surface area contributed by atoms with E-state index in [0.717, 1.165) is 23.0 Å². The largest absolute Gasteiger partial charge is 0.339 e. The van der Waals surface area contributed by atoms with Crippen molar-refractivity contribution >= 4 is 26.8 Å². The molecule has 146 valence electrons. The molecule has 0 bridgehead atoms. The predicted molar refractivity (Wildman–Crippen MR) is 104 cm³/mol. The van der Waals surface area contributed by atoms with Crippen LogP contribution in [0.4, 0.5) is 4.39 Å².